The standard InChI is InChI=1S/C20H26N2O3S/c1-6-26-19-10-8-7-9-17(19)21-20(23)22(3)14(2)16-12-11-15(24-4)13-18(16)25-5/h7-14H,6H2,1-5H3,(H,21,23)/t14-/m1/s1. The number of hydrogen-bond acceptors (Lipinski definition) is 4. The maximum absolute atomic E-state index is 12.7. The molecule has 26 heavy (non-hydrogen) atoms. The van der Waals surface area contributed by atoms with E-state index in [1.165, 1.54) is 0 Å². The van der Waals surface area contributed by atoms with Gasteiger partial charge in [-0.25, -0.2) is 4.79 Å². The van der Waals surface area contributed by atoms with Crippen LogP contribution in [0.15, 0.2) is 47.4 Å². The van der Waals surface area contributed by atoms with E-state index >= 15 is 0 Å². The SMILES string of the molecule is CCSc1ccccc1NC(=O)N(C)[C@H](C)c1ccc(OC)cc1OC. The Kier molecular flexibility index (Phi) is 7.21. The molecule has 0 saturated carbocycles. The minimum absolute atomic E-state index is 0.165. The number of benzene rings is 2. The number of carbonyl (C=O) groups is 1. The van der Waals surface area contributed by atoms with Crippen molar-refractivity contribution in [3.8, 4) is 11.5 Å². The van der Waals surface area contributed by atoms with Gasteiger partial charge in [-0.3, -0.25) is 0 Å². The Morgan fingerprint density at radius 1 is 1.19 bits per heavy atom. The first-order valence-corrected chi connectivity index (χ1v) is 9.47. The van der Waals surface area contributed by atoms with Gasteiger partial charge in [0, 0.05) is 23.6 Å². The fraction of sp³-hybridized carbons (Fsp3) is 0.350. The zero-order valence-corrected chi connectivity index (χ0v) is 16.7. The predicted octanol–water partition coefficient (Wildman–Crippen LogP) is 5.04. The summed E-state index contributed by atoms with van der Waals surface area (Å²) in [5, 5.41) is 3.01. The Balaban J connectivity index is 2.18. The largest absolute Gasteiger partial charge is 0.497 e. The Labute approximate surface area is 159 Å². The van der Waals surface area contributed by atoms with Crippen molar-refractivity contribution >= 4 is 23.5 Å². The second-order valence-electron chi connectivity index (χ2n) is 5.75. The van der Waals surface area contributed by atoms with E-state index < -0.39 is 0 Å². The van der Waals surface area contributed by atoms with Gasteiger partial charge in [-0.2, -0.15) is 0 Å². The first-order valence-electron chi connectivity index (χ1n) is 8.49. The van der Waals surface area contributed by atoms with Crippen molar-refractivity contribution in [3.05, 3.63) is 48.0 Å². The highest BCUT2D eigenvalue weighted by Gasteiger charge is 2.21. The second kappa shape index (κ2) is 9.38. The zero-order chi connectivity index (χ0) is 19.1. The number of anilines is 1. The van der Waals surface area contributed by atoms with Crippen molar-refractivity contribution in [1.82, 2.24) is 4.90 Å². The second-order valence-corrected chi connectivity index (χ2v) is 7.06. The number of carbonyl (C=O) groups excluding carboxylic acids is 1. The van der Waals surface area contributed by atoms with Crippen LogP contribution in [0.2, 0.25) is 0 Å². The highest BCUT2D eigenvalue weighted by atomic mass is 32.2. The number of ether oxygens (including phenoxy) is 2. The molecule has 2 rings (SSSR count). The van der Waals surface area contributed by atoms with Crippen LogP contribution in [0, 0.1) is 0 Å². The summed E-state index contributed by atoms with van der Waals surface area (Å²) in [5.41, 5.74) is 1.74. The molecule has 1 N–H and O–H groups in total. The lowest BCUT2D eigenvalue weighted by molar-refractivity contribution is 0.207. The van der Waals surface area contributed by atoms with Gasteiger partial charge in [0.25, 0.3) is 0 Å². The average Bonchev–Trinajstić information content (AvgIpc) is 2.67. The smallest absolute Gasteiger partial charge is 0.322 e. The molecule has 0 bridgehead atoms. The summed E-state index contributed by atoms with van der Waals surface area (Å²) in [6, 6.07) is 13.1. The van der Waals surface area contributed by atoms with Crippen LogP contribution in [-0.2, 0) is 0 Å². The number of urea groups is 1. The third-order valence-electron chi connectivity index (χ3n) is 4.22. The van der Waals surface area contributed by atoms with Crippen LogP contribution >= 0.6 is 11.8 Å². The Morgan fingerprint density at radius 3 is 2.58 bits per heavy atom. The van der Waals surface area contributed by atoms with E-state index in [1.54, 1.807) is 37.9 Å². The van der Waals surface area contributed by atoms with Gasteiger partial charge < -0.3 is 19.7 Å². The summed E-state index contributed by atoms with van der Waals surface area (Å²) >= 11 is 1.70. The lowest BCUT2D eigenvalue weighted by Gasteiger charge is -2.27. The first kappa shape index (κ1) is 20.0. The highest BCUT2D eigenvalue weighted by Crippen LogP contribution is 2.33. The maximum Gasteiger partial charge on any atom is 0.322 e. The van der Waals surface area contributed by atoms with Gasteiger partial charge >= 0.3 is 6.03 Å². The molecule has 0 unspecified atom stereocenters. The molecule has 1 atom stereocenters. The molecule has 2 aromatic carbocycles. The third-order valence-corrected chi connectivity index (χ3v) is 5.18. The van der Waals surface area contributed by atoms with E-state index in [0.717, 1.165) is 27.6 Å². The van der Waals surface area contributed by atoms with Crippen LogP contribution in [-0.4, -0.2) is 38.0 Å². The van der Waals surface area contributed by atoms with Crippen LogP contribution in [0.4, 0.5) is 10.5 Å². The van der Waals surface area contributed by atoms with Crippen molar-refractivity contribution in [3.63, 3.8) is 0 Å². The monoisotopic (exact) mass is 374 g/mol. The molecule has 0 aliphatic carbocycles. The molecule has 0 saturated heterocycles. The summed E-state index contributed by atoms with van der Waals surface area (Å²) in [6.07, 6.45) is 0. The molecule has 0 spiro atoms. The first-order chi connectivity index (χ1) is 12.5. The molecule has 0 aliphatic rings. The number of nitrogens with zero attached hydrogens (tertiary/aromatic N) is 1. The molecule has 0 aliphatic heterocycles. The summed E-state index contributed by atoms with van der Waals surface area (Å²) < 4.78 is 10.7. The number of amides is 2. The van der Waals surface area contributed by atoms with E-state index in [9.17, 15) is 4.79 Å². The highest BCUT2D eigenvalue weighted by molar-refractivity contribution is 7.99. The number of methoxy groups -OCH3 is 2. The van der Waals surface area contributed by atoms with Crippen LogP contribution in [0.25, 0.3) is 0 Å². The lowest BCUT2D eigenvalue weighted by Crippen LogP contribution is -2.33. The lowest BCUT2D eigenvalue weighted by atomic mass is 10.1. The molecule has 6 heteroatoms. The molecule has 0 heterocycles. The van der Waals surface area contributed by atoms with Gasteiger partial charge in [0.2, 0.25) is 0 Å². The minimum atomic E-state index is -0.167. The zero-order valence-electron chi connectivity index (χ0n) is 15.9. The third kappa shape index (κ3) is 4.64. The van der Waals surface area contributed by atoms with Gasteiger partial charge in [-0.05, 0) is 36.9 Å². The normalized spacial score (nSPS) is 11.6. The van der Waals surface area contributed by atoms with Crippen LogP contribution < -0.4 is 14.8 Å². The van der Waals surface area contributed by atoms with Gasteiger partial charge in [0.05, 0.1) is 25.9 Å². The van der Waals surface area contributed by atoms with E-state index in [-0.39, 0.29) is 12.1 Å². The molecule has 2 aromatic rings. The van der Waals surface area contributed by atoms with E-state index in [0.29, 0.717) is 5.75 Å². The number of hydrogen-bond donors (Lipinski definition) is 1. The Hall–Kier alpha value is -2.34. The summed E-state index contributed by atoms with van der Waals surface area (Å²) in [7, 11) is 5.01. The summed E-state index contributed by atoms with van der Waals surface area (Å²) in [5.74, 6) is 2.36. The van der Waals surface area contributed by atoms with Crippen molar-refractivity contribution in [2.24, 2.45) is 0 Å². The summed E-state index contributed by atoms with van der Waals surface area (Å²) in [4.78, 5) is 15.5. The van der Waals surface area contributed by atoms with E-state index in [2.05, 4.69) is 12.2 Å². The molecule has 2 amide bonds. The van der Waals surface area contributed by atoms with Crippen molar-refractivity contribution in [2.75, 3.05) is 32.3 Å². The number of thioether (sulfide) groups is 1. The van der Waals surface area contributed by atoms with Crippen LogP contribution in [0.3, 0.4) is 0 Å². The van der Waals surface area contributed by atoms with E-state index in [1.807, 2.05) is 49.4 Å². The molecule has 0 radical (unpaired) electrons. The van der Waals surface area contributed by atoms with Gasteiger partial charge in [-0.15, -0.1) is 11.8 Å². The molecular formula is C20H26N2O3S. The minimum Gasteiger partial charge on any atom is -0.497 e. The van der Waals surface area contributed by atoms with Gasteiger partial charge in [0.1, 0.15) is 11.5 Å². The van der Waals surface area contributed by atoms with Gasteiger partial charge in [-0.1, -0.05) is 19.1 Å². The average molecular weight is 375 g/mol. The predicted molar refractivity (Wildman–Crippen MR) is 108 cm³/mol. The maximum atomic E-state index is 12.7. The molecule has 0 aromatic heterocycles. The summed E-state index contributed by atoms with van der Waals surface area (Å²) in [6.45, 7) is 4.06. The van der Waals surface area contributed by atoms with Crippen molar-refractivity contribution in [2.45, 2.75) is 24.8 Å². The Bertz CT molecular complexity index is 752. The van der Waals surface area contributed by atoms with Crippen molar-refractivity contribution < 1.29 is 14.3 Å². The number of para-hydroxylation sites is 1. The Morgan fingerprint density at radius 2 is 1.92 bits per heavy atom. The molecule has 140 valence electrons. The van der Waals surface area contributed by atoms with Crippen LogP contribution in [0.1, 0.15) is 25.5 Å². The topological polar surface area (TPSA) is 50.8 Å². The molecule has 0 fully saturated rings. The number of nitrogens with one attached hydrogen (secondary N) is 1. The van der Waals surface area contributed by atoms with Crippen molar-refractivity contribution in [1.29, 1.82) is 0 Å². The number of rotatable bonds is 7. The fourth-order valence-corrected chi connectivity index (χ4v) is 3.36. The fourth-order valence-electron chi connectivity index (χ4n) is 2.60. The van der Waals surface area contributed by atoms with E-state index in [4.69, 9.17) is 9.47 Å². The molecule has 5 nitrogen and oxygen atoms in total. The van der Waals surface area contributed by atoms with Gasteiger partial charge in [0.15, 0.2) is 0 Å². The quantitative estimate of drug-likeness (QED) is 0.690. The van der Waals surface area contributed by atoms with Crippen LogP contribution in [0.5, 0.6) is 11.5 Å². The molecular weight excluding hydrogens is 348 g/mol.